The van der Waals surface area contributed by atoms with Crippen molar-refractivity contribution < 1.29 is 9.59 Å². The molecule has 1 aliphatic heterocycles. The fraction of sp³-hybridized carbons (Fsp3) is 0.0385. The molecule has 1 fully saturated rings. The molecule has 0 unspecified atom stereocenters. The highest BCUT2D eigenvalue weighted by Crippen LogP contribution is 2.28. The monoisotopic (exact) mass is 515 g/mol. The molecule has 5 nitrogen and oxygen atoms in total. The molecule has 162 valence electrons. The molecule has 7 heteroatoms. The number of rotatable bonds is 4. The van der Waals surface area contributed by atoms with Gasteiger partial charge in [0.15, 0.2) is 5.11 Å². The third-order valence-electron chi connectivity index (χ3n) is 5.48. The lowest BCUT2D eigenvalue weighted by molar-refractivity contribution is -0.122. The number of hydrogen-bond acceptors (Lipinski definition) is 3. The van der Waals surface area contributed by atoms with E-state index in [9.17, 15) is 9.59 Å². The van der Waals surface area contributed by atoms with Crippen LogP contribution in [0.15, 0.2) is 95.1 Å². The lowest BCUT2D eigenvalue weighted by Gasteiger charge is -2.29. The predicted molar refractivity (Wildman–Crippen MR) is 138 cm³/mol. The Morgan fingerprint density at radius 1 is 0.939 bits per heavy atom. The summed E-state index contributed by atoms with van der Waals surface area (Å²) in [6, 6.07) is 25.3. The minimum atomic E-state index is -0.504. The molecule has 0 atom stereocenters. The number of carbonyl (C=O) groups excluding carboxylic acids is 2. The van der Waals surface area contributed by atoms with Crippen molar-refractivity contribution in [3.8, 4) is 0 Å². The van der Waals surface area contributed by atoms with Crippen LogP contribution in [0, 0.1) is 0 Å². The largest absolute Gasteiger partial charge is 0.342 e. The molecule has 0 radical (unpaired) electrons. The first-order valence-corrected chi connectivity index (χ1v) is 11.5. The molecule has 1 aliphatic rings. The maximum atomic E-state index is 13.4. The van der Waals surface area contributed by atoms with Gasteiger partial charge in [0.05, 0.1) is 5.69 Å². The zero-order chi connectivity index (χ0) is 22.9. The third-order valence-corrected chi connectivity index (χ3v) is 6.26. The van der Waals surface area contributed by atoms with Crippen molar-refractivity contribution in [3.63, 3.8) is 0 Å². The highest BCUT2D eigenvalue weighted by Gasteiger charge is 2.34. The summed E-state index contributed by atoms with van der Waals surface area (Å²) in [5, 5.41) is 3.67. The molecule has 1 aromatic heterocycles. The number of carbonyl (C=O) groups is 2. The van der Waals surface area contributed by atoms with Crippen LogP contribution >= 0.6 is 28.1 Å². The minimum Gasteiger partial charge on any atom is -0.342 e. The molecule has 5 rings (SSSR count). The first-order valence-electron chi connectivity index (χ1n) is 10.3. The maximum absolute atomic E-state index is 13.4. The average molecular weight is 516 g/mol. The SMILES string of the molecule is O=C1NC(=S)N(c2cccc(Br)c2)C(=O)/C1=C/c1cn(Cc2ccccc2)c2ccccc12. The molecule has 2 amide bonds. The Morgan fingerprint density at radius 3 is 2.48 bits per heavy atom. The van der Waals surface area contributed by atoms with Crippen LogP contribution in [0.4, 0.5) is 5.69 Å². The van der Waals surface area contributed by atoms with Crippen molar-refractivity contribution in [2.24, 2.45) is 0 Å². The van der Waals surface area contributed by atoms with Crippen molar-refractivity contribution >= 4 is 67.7 Å². The van der Waals surface area contributed by atoms with Crippen molar-refractivity contribution in [3.05, 3.63) is 106 Å². The number of amides is 2. The molecular formula is C26H18BrN3O2S. The number of halogens is 1. The standard InChI is InChI=1S/C26H18BrN3O2S/c27-19-9-6-10-20(14-19)30-25(32)22(24(31)28-26(30)33)13-18-16-29(15-17-7-2-1-3-8-17)23-12-5-4-11-21(18)23/h1-14,16H,15H2,(H,28,31,33)/b22-13+. The van der Waals surface area contributed by atoms with Crippen LogP contribution < -0.4 is 10.2 Å². The lowest BCUT2D eigenvalue weighted by Crippen LogP contribution is -2.54. The first kappa shape index (κ1) is 21.3. The average Bonchev–Trinajstić information content (AvgIpc) is 3.14. The van der Waals surface area contributed by atoms with E-state index >= 15 is 0 Å². The van der Waals surface area contributed by atoms with Gasteiger partial charge in [-0.1, -0.05) is 70.5 Å². The number of hydrogen-bond donors (Lipinski definition) is 1. The summed E-state index contributed by atoms with van der Waals surface area (Å²) < 4.78 is 2.93. The second-order valence-electron chi connectivity index (χ2n) is 7.65. The van der Waals surface area contributed by atoms with Crippen LogP contribution in [0.1, 0.15) is 11.1 Å². The minimum absolute atomic E-state index is 0.0335. The zero-order valence-corrected chi connectivity index (χ0v) is 19.8. The van der Waals surface area contributed by atoms with Gasteiger partial charge >= 0.3 is 0 Å². The van der Waals surface area contributed by atoms with Crippen molar-refractivity contribution in [1.82, 2.24) is 9.88 Å². The molecule has 0 aliphatic carbocycles. The second kappa shape index (κ2) is 8.77. The van der Waals surface area contributed by atoms with Crippen molar-refractivity contribution in [1.29, 1.82) is 0 Å². The molecule has 33 heavy (non-hydrogen) atoms. The van der Waals surface area contributed by atoms with E-state index in [0.717, 1.165) is 26.5 Å². The molecule has 2 heterocycles. The Balaban J connectivity index is 1.58. The van der Waals surface area contributed by atoms with E-state index in [0.29, 0.717) is 12.2 Å². The van der Waals surface area contributed by atoms with Gasteiger partial charge in [-0.2, -0.15) is 0 Å². The third kappa shape index (κ3) is 4.13. The van der Waals surface area contributed by atoms with Crippen LogP contribution in [0.5, 0.6) is 0 Å². The van der Waals surface area contributed by atoms with Crippen LogP contribution in [-0.4, -0.2) is 21.5 Å². The van der Waals surface area contributed by atoms with Gasteiger partial charge < -0.3 is 4.57 Å². The fourth-order valence-electron chi connectivity index (χ4n) is 3.96. The lowest BCUT2D eigenvalue weighted by atomic mass is 10.1. The Kier molecular flexibility index (Phi) is 5.66. The molecule has 0 spiro atoms. The van der Waals surface area contributed by atoms with Gasteiger partial charge in [-0.3, -0.25) is 19.8 Å². The van der Waals surface area contributed by atoms with Gasteiger partial charge in [0, 0.05) is 33.7 Å². The highest BCUT2D eigenvalue weighted by molar-refractivity contribution is 9.10. The normalized spacial score (nSPS) is 15.4. The van der Waals surface area contributed by atoms with Gasteiger partial charge in [-0.05, 0) is 48.1 Å². The predicted octanol–water partition coefficient (Wildman–Crippen LogP) is 5.28. The number of nitrogens with zero attached hydrogens (tertiary/aromatic N) is 2. The van der Waals surface area contributed by atoms with E-state index < -0.39 is 11.8 Å². The smallest absolute Gasteiger partial charge is 0.270 e. The van der Waals surface area contributed by atoms with Crippen LogP contribution in [0.25, 0.3) is 17.0 Å². The van der Waals surface area contributed by atoms with Gasteiger partial charge in [-0.25, -0.2) is 0 Å². The van der Waals surface area contributed by atoms with Gasteiger partial charge in [0.1, 0.15) is 5.57 Å². The Morgan fingerprint density at radius 2 is 1.70 bits per heavy atom. The number of nitrogens with one attached hydrogen (secondary N) is 1. The summed E-state index contributed by atoms with van der Waals surface area (Å²) in [5.74, 6) is -0.960. The Hall–Kier alpha value is -3.55. The van der Waals surface area contributed by atoms with Gasteiger partial charge in [0.2, 0.25) is 0 Å². The zero-order valence-electron chi connectivity index (χ0n) is 17.4. The van der Waals surface area contributed by atoms with E-state index in [2.05, 4.69) is 37.9 Å². The second-order valence-corrected chi connectivity index (χ2v) is 8.96. The summed E-state index contributed by atoms with van der Waals surface area (Å²) in [7, 11) is 0. The summed E-state index contributed by atoms with van der Waals surface area (Å²) in [4.78, 5) is 27.5. The Bertz CT molecular complexity index is 1440. The number of benzene rings is 3. The highest BCUT2D eigenvalue weighted by atomic mass is 79.9. The molecule has 1 saturated heterocycles. The number of aromatic nitrogens is 1. The summed E-state index contributed by atoms with van der Waals surface area (Å²) in [5.41, 5.74) is 3.59. The first-order chi connectivity index (χ1) is 16.0. The van der Waals surface area contributed by atoms with E-state index in [1.54, 1.807) is 18.2 Å². The van der Waals surface area contributed by atoms with E-state index in [-0.39, 0.29) is 10.7 Å². The van der Waals surface area contributed by atoms with Crippen LogP contribution in [0.3, 0.4) is 0 Å². The number of thiocarbonyl (C=S) groups is 1. The molecule has 3 aromatic carbocycles. The van der Waals surface area contributed by atoms with E-state index in [1.165, 1.54) is 4.90 Å². The Labute approximate surface area is 204 Å². The molecule has 0 saturated carbocycles. The van der Waals surface area contributed by atoms with Gasteiger partial charge in [-0.15, -0.1) is 0 Å². The molecule has 1 N–H and O–H groups in total. The van der Waals surface area contributed by atoms with Crippen LogP contribution in [0.2, 0.25) is 0 Å². The number of anilines is 1. The van der Waals surface area contributed by atoms with Crippen molar-refractivity contribution in [2.45, 2.75) is 6.54 Å². The van der Waals surface area contributed by atoms with Crippen molar-refractivity contribution in [2.75, 3.05) is 4.90 Å². The summed E-state index contributed by atoms with van der Waals surface area (Å²) >= 11 is 8.73. The fourth-order valence-corrected chi connectivity index (χ4v) is 4.63. The molecule has 4 aromatic rings. The topological polar surface area (TPSA) is 54.3 Å². The maximum Gasteiger partial charge on any atom is 0.270 e. The number of para-hydroxylation sites is 1. The summed E-state index contributed by atoms with van der Waals surface area (Å²) in [6.45, 7) is 0.679. The quantitative estimate of drug-likeness (QED) is 0.228. The van der Waals surface area contributed by atoms with E-state index in [4.69, 9.17) is 12.2 Å². The summed E-state index contributed by atoms with van der Waals surface area (Å²) in [6.07, 6.45) is 3.62. The molecule has 0 bridgehead atoms. The molecular weight excluding hydrogens is 498 g/mol. The van der Waals surface area contributed by atoms with Crippen LogP contribution in [-0.2, 0) is 16.1 Å². The van der Waals surface area contributed by atoms with E-state index in [1.807, 2.05) is 60.8 Å². The van der Waals surface area contributed by atoms with Gasteiger partial charge in [0.25, 0.3) is 11.8 Å². The number of fused-ring (bicyclic) bond motifs is 1.